The van der Waals surface area contributed by atoms with Crippen molar-refractivity contribution in [2.75, 3.05) is 17.6 Å². The van der Waals surface area contributed by atoms with Crippen molar-refractivity contribution in [2.24, 2.45) is 11.3 Å². The molecule has 0 saturated heterocycles. The van der Waals surface area contributed by atoms with Gasteiger partial charge in [0.05, 0.1) is 19.4 Å². The van der Waals surface area contributed by atoms with Crippen LogP contribution in [0.3, 0.4) is 0 Å². The number of fused-ring (bicyclic) bond motifs is 1. The summed E-state index contributed by atoms with van der Waals surface area (Å²) in [5.41, 5.74) is 1.57. The minimum Gasteiger partial charge on any atom is -0.496 e. The number of hydrogen-bond donors (Lipinski definition) is 1. The summed E-state index contributed by atoms with van der Waals surface area (Å²) in [6.07, 6.45) is 7.63. The summed E-state index contributed by atoms with van der Waals surface area (Å²) in [4.78, 5) is 0. The van der Waals surface area contributed by atoms with Crippen LogP contribution >= 0.6 is 0 Å². The fourth-order valence-corrected chi connectivity index (χ4v) is 5.91. The van der Waals surface area contributed by atoms with Gasteiger partial charge in [0.25, 0.3) is 0 Å². The van der Waals surface area contributed by atoms with E-state index in [9.17, 15) is 8.42 Å². The molecule has 1 aliphatic carbocycles. The highest BCUT2D eigenvalue weighted by atomic mass is 32.2. The molecule has 0 spiro atoms. The first-order valence-electron chi connectivity index (χ1n) is 10.2. The predicted molar refractivity (Wildman–Crippen MR) is 115 cm³/mol. The lowest BCUT2D eigenvalue weighted by Crippen LogP contribution is -2.30. The molecule has 9 heteroatoms. The molecular formula is C21H28N4O4S. The van der Waals surface area contributed by atoms with Crippen LogP contribution < -0.4 is 9.46 Å². The van der Waals surface area contributed by atoms with Crippen molar-refractivity contribution in [3.8, 4) is 5.75 Å². The Morgan fingerprint density at radius 2 is 2.20 bits per heavy atom. The second-order valence-electron chi connectivity index (χ2n) is 8.92. The SMILES string of the molecule is COc1cc(Cn2cccn2)cc2onc(NS(=O)(=O)CC3CCCC(C)(C)C3)c12. The average Bonchev–Trinajstić information content (AvgIpc) is 3.30. The Hall–Kier alpha value is -2.55. The quantitative estimate of drug-likeness (QED) is 0.605. The summed E-state index contributed by atoms with van der Waals surface area (Å²) in [6, 6.07) is 5.53. The average molecular weight is 433 g/mol. The van der Waals surface area contributed by atoms with Gasteiger partial charge >= 0.3 is 0 Å². The number of nitrogens with zero attached hydrogens (tertiary/aromatic N) is 3. The highest BCUT2D eigenvalue weighted by molar-refractivity contribution is 7.92. The molecule has 1 atom stereocenters. The highest BCUT2D eigenvalue weighted by Gasteiger charge is 2.31. The smallest absolute Gasteiger partial charge is 0.234 e. The molecule has 0 bridgehead atoms. The van der Waals surface area contributed by atoms with Crippen molar-refractivity contribution >= 4 is 26.8 Å². The summed E-state index contributed by atoms with van der Waals surface area (Å²) in [5, 5.41) is 8.71. The summed E-state index contributed by atoms with van der Waals surface area (Å²) in [7, 11) is -2.02. The van der Waals surface area contributed by atoms with Gasteiger partial charge in [0.15, 0.2) is 11.4 Å². The number of aromatic nitrogens is 3. The zero-order chi connectivity index (χ0) is 21.4. The van der Waals surface area contributed by atoms with E-state index in [0.29, 0.717) is 23.3 Å². The van der Waals surface area contributed by atoms with Gasteiger partial charge < -0.3 is 9.26 Å². The second kappa shape index (κ2) is 7.94. The third-order valence-electron chi connectivity index (χ3n) is 5.74. The number of sulfonamides is 1. The van der Waals surface area contributed by atoms with Gasteiger partial charge in [0.1, 0.15) is 11.1 Å². The van der Waals surface area contributed by atoms with E-state index < -0.39 is 10.0 Å². The van der Waals surface area contributed by atoms with E-state index in [4.69, 9.17) is 9.26 Å². The zero-order valence-corrected chi connectivity index (χ0v) is 18.4. The van der Waals surface area contributed by atoms with Gasteiger partial charge in [-0.2, -0.15) is 5.10 Å². The molecule has 162 valence electrons. The first-order valence-corrected chi connectivity index (χ1v) is 11.8. The maximum absolute atomic E-state index is 12.9. The van der Waals surface area contributed by atoms with Crippen LogP contribution in [0.15, 0.2) is 35.1 Å². The highest BCUT2D eigenvalue weighted by Crippen LogP contribution is 2.39. The molecule has 0 aliphatic heterocycles. The van der Waals surface area contributed by atoms with Crippen LogP contribution in [0.4, 0.5) is 5.82 Å². The first-order chi connectivity index (χ1) is 14.2. The van der Waals surface area contributed by atoms with Crippen LogP contribution in [-0.2, 0) is 16.6 Å². The minimum absolute atomic E-state index is 0.0878. The molecule has 1 N–H and O–H groups in total. The predicted octanol–water partition coefficient (Wildman–Crippen LogP) is 4.04. The number of rotatable bonds is 7. The Balaban J connectivity index is 1.56. The summed E-state index contributed by atoms with van der Waals surface area (Å²) >= 11 is 0. The van der Waals surface area contributed by atoms with Crippen molar-refractivity contribution in [3.05, 3.63) is 36.2 Å². The summed E-state index contributed by atoms with van der Waals surface area (Å²) < 4.78 is 41.1. The van der Waals surface area contributed by atoms with Gasteiger partial charge in [-0.25, -0.2) is 8.42 Å². The summed E-state index contributed by atoms with van der Waals surface area (Å²) in [6.45, 7) is 4.95. The van der Waals surface area contributed by atoms with E-state index in [0.717, 1.165) is 31.2 Å². The second-order valence-corrected chi connectivity index (χ2v) is 10.7. The van der Waals surface area contributed by atoms with Crippen molar-refractivity contribution in [1.29, 1.82) is 0 Å². The van der Waals surface area contributed by atoms with E-state index in [1.165, 1.54) is 0 Å². The van der Waals surface area contributed by atoms with E-state index in [1.54, 1.807) is 18.0 Å². The Bertz CT molecular complexity index is 1120. The molecule has 8 nitrogen and oxygen atoms in total. The van der Waals surface area contributed by atoms with Crippen LogP contribution in [0.1, 0.15) is 45.1 Å². The number of nitrogens with one attached hydrogen (secondary N) is 1. The van der Waals surface area contributed by atoms with Crippen molar-refractivity contribution in [1.82, 2.24) is 14.9 Å². The van der Waals surface area contributed by atoms with E-state index in [-0.39, 0.29) is 22.9 Å². The number of methoxy groups -OCH3 is 1. The van der Waals surface area contributed by atoms with Crippen LogP contribution in [0.25, 0.3) is 11.0 Å². The molecule has 30 heavy (non-hydrogen) atoms. The van der Waals surface area contributed by atoms with Gasteiger partial charge in [-0.1, -0.05) is 25.4 Å². The Kier molecular flexibility index (Phi) is 5.48. The van der Waals surface area contributed by atoms with Crippen LogP contribution in [-0.4, -0.2) is 36.2 Å². The fraction of sp³-hybridized carbons (Fsp3) is 0.524. The monoisotopic (exact) mass is 432 g/mol. The van der Waals surface area contributed by atoms with Crippen molar-refractivity contribution < 1.29 is 17.7 Å². The van der Waals surface area contributed by atoms with Crippen LogP contribution in [0.2, 0.25) is 0 Å². The molecule has 1 aromatic carbocycles. The zero-order valence-electron chi connectivity index (χ0n) is 17.6. The Morgan fingerprint density at radius 1 is 1.37 bits per heavy atom. The third kappa shape index (κ3) is 4.61. The minimum atomic E-state index is -3.56. The molecule has 0 amide bonds. The number of hydrogen-bond acceptors (Lipinski definition) is 6. The Labute approximate surface area is 176 Å². The molecule has 2 aromatic heterocycles. The van der Waals surface area contributed by atoms with Crippen LogP contribution in [0, 0.1) is 11.3 Å². The van der Waals surface area contributed by atoms with Gasteiger partial charge in [-0.15, -0.1) is 0 Å². The molecule has 2 heterocycles. The lowest BCUT2D eigenvalue weighted by atomic mass is 9.73. The van der Waals surface area contributed by atoms with Crippen LogP contribution in [0.5, 0.6) is 5.75 Å². The third-order valence-corrected chi connectivity index (χ3v) is 7.15. The lowest BCUT2D eigenvalue weighted by Gasteiger charge is -2.34. The van der Waals surface area contributed by atoms with E-state index >= 15 is 0 Å². The van der Waals surface area contributed by atoms with Gasteiger partial charge in [-0.05, 0) is 54.4 Å². The molecule has 3 aromatic rings. The number of benzene rings is 1. The largest absolute Gasteiger partial charge is 0.496 e. The Morgan fingerprint density at radius 3 is 2.90 bits per heavy atom. The van der Waals surface area contributed by atoms with Gasteiger partial charge in [0, 0.05) is 12.4 Å². The maximum Gasteiger partial charge on any atom is 0.234 e. The summed E-state index contributed by atoms with van der Waals surface area (Å²) in [5.74, 6) is 0.909. The molecule has 1 fully saturated rings. The van der Waals surface area contributed by atoms with E-state index in [1.807, 2.05) is 24.4 Å². The molecule has 1 saturated carbocycles. The number of ether oxygens (including phenoxy) is 1. The maximum atomic E-state index is 12.9. The first kappa shape index (κ1) is 20.7. The van der Waals surface area contributed by atoms with Gasteiger partial charge in [0.2, 0.25) is 10.0 Å². The van der Waals surface area contributed by atoms with E-state index in [2.05, 4.69) is 28.8 Å². The lowest BCUT2D eigenvalue weighted by molar-refractivity contribution is 0.193. The molecule has 0 radical (unpaired) electrons. The fourth-order valence-electron chi connectivity index (χ4n) is 4.49. The molecule has 1 unspecified atom stereocenters. The standard InChI is InChI=1S/C21H28N4O4S/c1-21(2)7-4-6-15(12-21)14-30(26,27)24-20-19-17(28-3)10-16(11-18(19)29-23-20)13-25-9-5-8-22-25/h5,8-11,15H,4,6-7,12-14H2,1-3H3,(H,23,24). The topological polar surface area (TPSA) is 99.2 Å². The van der Waals surface area contributed by atoms with Gasteiger partial charge in [-0.3, -0.25) is 9.40 Å². The normalized spacial score (nSPS) is 19.1. The molecule has 1 aliphatic rings. The van der Waals surface area contributed by atoms with Crippen molar-refractivity contribution in [2.45, 2.75) is 46.1 Å². The number of anilines is 1. The van der Waals surface area contributed by atoms with Crippen molar-refractivity contribution in [3.63, 3.8) is 0 Å². The molecule has 4 rings (SSSR count). The molecular weight excluding hydrogens is 404 g/mol.